The number of furan rings is 1. The number of rotatable bonds is 7. The van der Waals surface area contributed by atoms with Crippen LogP contribution in [0.25, 0.3) is 88.3 Å². The molecule has 1 aliphatic carbocycles. The molecule has 0 atom stereocenters. The Hall–Kier alpha value is -7.94. The van der Waals surface area contributed by atoms with Crippen molar-refractivity contribution < 1.29 is 4.42 Å². The van der Waals surface area contributed by atoms with Crippen LogP contribution in [0.15, 0.2) is 229 Å². The molecule has 1 aliphatic rings. The molecule has 0 spiro atoms. The Bertz CT molecular complexity index is 3530. The van der Waals surface area contributed by atoms with Gasteiger partial charge in [0.25, 0.3) is 0 Å². The topological polar surface area (TPSA) is 16.4 Å². The molecule has 1 heterocycles. The third-order valence-corrected chi connectivity index (χ3v) is 13.3. The van der Waals surface area contributed by atoms with E-state index in [2.05, 4.69) is 231 Å². The molecule has 0 unspecified atom stereocenters. The van der Waals surface area contributed by atoms with Crippen molar-refractivity contribution in [3.8, 4) is 55.6 Å². The molecular weight excluding hydrogens is 763 g/mol. The minimum Gasteiger partial charge on any atom is -0.456 e. The Labute approximate surface area is 368 Å². The van der Waals surface area contributed by atoms with Crippen LogP contribution in [0.3, 0.4) is 0 Å². The molecule has 11 aromatic rings. The summed E-state index contributed by atoms with van der Waals surface area (Å²) in [5, 5.41) is 4.75. The fraction of sp³-hybridized carbons (Fsp3) is 0.0492. The molecule has 10 aromatic carbocycles. The zero-order valence-electron chi connectivity index (χ0n) is 35.2. The van der Waals surface area contributed by atoms with Crippen LogP contribution in [0, 0.1) is 0 Å². The lowest BCUT2D eigenvalue weighted by Crippen LogP contribution is -2.16. The van der Waals surface area contributed by atoms with Crippen molar-refractivity contribution in [1.82, 2.24) is 0 Å². The smallest absolute Gasteiger partial charge is 0.135 e. The van der Waals surface area contributed by atoms with E-state index in [-0.39, 0.29) is 5.41 Å². The molecule has 2 nitrogen and oxygen atoms in total. The van der Waals surface area contributed by atoms with Gasteiger partial charge in [0.05, 0.1) is 5.69 Å². The maximum atomic E-state index is 6.26. The standard InChI is InChI=1S/C61H43NO/c1-61(2)56-25-8-5-20-52(56)54-24-13-23-51(60(54)61)43-32-35-46(36-33-43)62(57-26-9-6-19-50(57)45-34-37-59-55(39-45)53-21-7-10-27-58(53)63-59)47-17-11-16-44(38-47)40-28-30-42(31-29-40)49-22-12-15-41-14-3-4-18-48(41)49/h3-39H,1-2H3. The fourth-order valence-corrected chi connectivity index (χ4v) is 10.3. The summed E-state index contributed by atoms with van der Waals surface area (Å²) in [5.74, 6) is 0. The van der Waals surface area contributed by atoms with Gasteiger partial charge in [-0.1, -0.05) is 190 Å². The maximum Gasteiger partial charge on any atom is 0.135 e. The van der Waals surface area contributed by atoms with Gasteiger partial charge in [0.2, 0.25) is 0 Å². The lowest BCUT2D eigenvalue weighted by atomic mass is 9.79. The number of fused-ring (bicyclic) bond motifs is 7. The predicted octanol–water partition coefficient (Wildman–Crippen LogP) is 17.2. The summed E-state index contributed by atoms with van der Waals surface area (Å²) >= 11 is 0. The normalized spacial score (nSPS) is 12.7. The van der Waals surface area contributed by atoms with Gasteiger partial charge in [-0.05, 0) is 121 Å². The van der Waals surface area contributed by atoms with E-state index >= 15 is 0 Å². The number of nitrogens with zero attached hydrogens (tertiary/aromatic N) is 1. The van der Waals surface area contributed by atoms with Crippen LogP contribution >= 0.6 is 0 Å². The van der Waals surface area contributed by atoms with Gasteiger partial charge in [-0.25, -0.2) is 0 Å². The highest BCUT2D eigenvalue weighted by Crippen LogP contribution is 2.52. The van der Waals surface area contributed by atoms with E-state index in [4.69, 9.17) is 4.42 Å². The molecule has 0 radical (unpaired) electrons. The number of para-hydroxylation sites is 2. The molecule has 0 fully saturated rings. The summed E-state index contributed by atoms with van der Waals surface area (Å²) in [4.78, 5) is 2.42. The molecule has 298 valence electrons. The van der Waals surface area contributed by atoms with Crippen LogP contribution in [0.2, 0.25) is 0 Å². The SMILES string of the molecule is CC1(C)c2ccccc2-c2cccc(-c3ccc(N(c4cccc(-c5ccc(-c6cccc7ccccc67)cc5)c4)c4ccccc4-c4ccc5oc6ccccc6c5c4)cc3)c21. The van der Waals surface area contributed by atoms with Crippen molar-refractivity contribution in [2.75, 3.05) is 4.90 Å². The highest BCUT2D eigenvalue weighted by molar-refractivity contribution is 6.07. The maximum absolute atomic E-state index is 6.26. The number of hydrogen-bond donors (Lipinski definition) is 0. The molecule has 0 bridgehead atoms. The van der Waals surface area contributed by atoms with E-state index < -0.39 is 0 Å². The van der Waals surface area contributed by atoms with Crippen LogP contribution in [0.1, 0.15) is 25.0 Å². The summed E-state index contributed by atoms with van der Waals surface area (Å²) in [5.41, 5.74) is 19.9. The highest BCUT2D eigenvalue weighted by Gasteiger charge is 2.37. The molecule has 63 heavy (non-hydrogen) atoms. The van der Waals surface area contributed by atoms with E-state index in [0.29, 0.717) is 0 Å². The predicted molar refractivity (Wildman–Crippen MR) is 265 cm³/mol. The Morgan fingerprint density at radius 2 is 0.937 bits per heavy atom. The van der Waals surface area contributed by atoms with Gasteiger partial charge in [-0.3, -0.25) is 0 Å². The van der Waals surface area contributed by atoms with E-state index in [1.807, 2.05) is 12.1 Å². The third-order valence-electron chi connectivity index (χ3n) is 13.3. The van der Waals surface area contributed by atoms with E-state index in [0.717, 1.165) is 55.7 Å². The quantitative estimate of drug-likeness (QED) is 0.160. The zero-order valence-corrected chi connectivity index (χ0v) is 35.2. The zero-order chi connectivity index (χ0) is 42.1. The van der Waals surface area contributed by atoms with Crippen LogP contribution in [-0.4, -0.2) is 0 Å². The molecular formula is C61H43NO. The summed E-state index contributed by atoms with van der Waals surface area (Å²) in [6.45, 7) is 4.73. The third kappa shape index (κ3) is 6.09. The first kappa shape index (κ1) is 36.9. The van der Waals surface area contributed by atoms with E-state index in [9.17, 15) is 0 Å². The van der Waals surface area contributed by atoms with Crippen molar-refractivity contribution in [3.63, 3.8) is 0 Å². The van der Waals surface area contributed by atoms with Gasteiger partial charge in [0.15, 0.2) is 0 Å². The van der Waals surface area contributed by atoms with Crippen molar-refractivity contribution >= 4 is 49.8 Å². The second kappa shape index (κ2) is 14.6. The number of anilines is 3. The Morgan fingerprint density at radius 3 is 1.81 bits per heavy atom. The van der Waals surface area contributed by atoms with Crippen molar-refractivity contribution in [2.24, 2.45) is 0 Å². The Morgan fingerprint density at radius 1 is 0.349 bits per heavy atom. The highest BCUT2D eigenvalue weighted by atomic mass is 16.3. The Balaban J connectivity index is 0.982. The first-order valence-electron chi connectivity index (χ1n) is 21.8. The largest absolute Gasteiger partial charge is 0.456 e. The van der Waals surface area contributed by atoms with Gasteiger partial charge in [-0.15, -0.1) is 0 Å². The molecule has 12 rings (SSSR count). The molecule has 2 heteroatoms. The lowest BCUT2D eigenvalue weighted by molar-refractivity contribution is 0.662. The Kier molecular flexibility index (Phi) is 8.55. The second-order valence-electron chi connectivity index (χ2n) is 17.3. The van der Waals surface area contributed by atoms with Crippen LogP contribution < -0.4 is 4.90 Å². The van der Waals surface area contributed by atoms with Gasteiger partial charge in [0.1, 0.15) is 11.2 Å². The minimum absolute atomic E-state index is 0.110. The number of hydrogen-bond acceptors (Lipinski definition) is 2. The first-order chi connectivity index (χ1) is 31.0. The molecule has 0 N–H and O–H groups in total. The van der Waals surface area contributed by atoms with Gasteiger partial charge < -0.3 is 9.32 Å². The second-order valence-corrected chi connectivity index (χ2v) is 17.3. The van der Waals surface area contributed by atoms with Crippen LogP contribution in [0.4, 0.5) is 17.1 Å². The molecule has 1 aromatic heterocycles. The molecule has 0 saturated heterocycles. The van der Waals surface area contributed by atoms with Crippen molar-refractivity contribution in [1.29, 1.82) is 0 Å². The molecule has 0 saturated carbocycles. The summed E-state index contributed by atoms with van der Waals surface area (Å²) < 4.78 is 6.26. The molecule has 0 amide bonds. The summed E-state index contributed by atoms with van der Waals surface area (Å²) in [6.07, 6.45) is 0. The fourth-order valence-electron chi connectivity index (χ4n) is 10.3. The van der Waals surface area contributed by atoms with Gasteiger partial charge >= 0.3 is 0 Å². The minimum atomic E-state index is -0.110. The first-order valence-corrected chi connectivity index (χ1v) is 21.8. The van der Waals surface area contributed by atoms with Crippen LogP contribution in [-0.2, 0) is 5.41 Å². The monoisotopic (exact) mass is 805 g/mol. The average Bonchev–Trinajstić information content (AvgIpc) is 3.83. The average molecular weight is 806 g/mol. The van der Waals surface area contributed by atoms with Gasteiger partial charge in [0, 0.05) is 33.1 Å². The lowest BCUT2D eigenvalue weighted by Gasteiger charge is -2.29. The van der Waals surface area contributed by atoms with E-state index in [1.54, 1.807) is 0 Å². The van der Waals surface area contributed by atoms with Gasteiger partial charge in [-0.2, -0.15) is 0 Å². The summed E-state index contributed by atoms with van der Waals surface area (Å²) in [7, 11) is 0. The van der Waals surface area contributed by atoms with E-state index in [1.165, 1.54) is 60.8 Å². The van der Waals surface area contributed by atoms with Crippen molar-refractivity contribution in [2.45, 2.75) is 19.3 Å². The summed E-state index contributed by atoms with van der Waals surface area (Å²) in [6, 6.07) is 81.7. The number of benzene rings is 10. The van der Waals surface area contributed by atoms with Crippen molar-refractivity contribution in [3.05, 3.63) is 236 Å². The van der Waals surface area contributed by atoms with Crippen LogP contribution in [0.5, 0.6) is 0 Å². The molecule has 0 aliphatic heterocycles.